The second-order valence-corrected chi connectivity index (χ2v) is 5.01. The van der Waals surface area contributed by atoms with Crippen LogP contribution in [-0.2, 0) is 28.4 Å². The molecule has 27 heavy (non-hydrogen) atoms. The Morgan fingerprint density at radius 1 is 1.33 bits per heavy atom. The molecule has 9 heteroatoms. The van der Waals surface area contributed by atoms with Crippen LogP contribution in [0.25, 0.3) is 5.41 Å². The van der Waals surface area contributed by atoms with Crippen LogP contribution in [0.2, 0.25) is 0 Å². The van der Waals surface area contributed by atoms with Gasteiger partial charge < -0.3 is 20.2 Å². The van der Waals surface area contributed by atoms with Crippen molar-refractivity contribution in [3.05, 3.63) is 59.3 Å². The third kappa shape index (κ3) is 12.4. The number of rotatable bonds is 5. The second kappa shape index (κ2) is 16.9. The van der Waals surface area contributed by atoms with Gasteiger partial charge in [-0.1, -0.05) is 36.2 Å². The number of carbonyl (C=O) groups is 1. The fourth-order valence-electron chi connectivity index (χ4n) is 1.52. The zero-order valence-corrected chi connectivity index (χ0v) is 16.9. The molecule has 0 fully saturated rings. The number of thiocarbonyl (C=S) groups is 1. The minimum absolute atomic E-state index is 0. The van der Waals surface area contributed by atoms with Gasteiger partial charge in [0.2, 0.25) is 6.41 Å². The van der Waals surface area contributed by atoms with Crippen LogP contribution in [0.5, 0.6) is 11.5 Å². The van der Waals surface area contributed by atoms with E-state index in [-0.39, 0.29) is 22.8 Å². The number of ether oxygens (including phenoxy) is 1. The number of amides is 1. The molecular weight excluding hydrogens is 416 g/mol. The number of para-hydroxylation sites is 1. The maximum atomic E-state index is 11.8. The van der Waals surface area contributed by atoms with Gasteiger partial charge in [-0.2, -0.15) is 5.16 Å². The van der Waals surface area contributed by atoms with Crippen LogP contribution in [0.3, 0.4) is 0 Å². The molecule has 1 aromatic carbocycles. The quantitative estimate of drug-likeness (QED) is 0.310. The van der Waals surface area contributed by atoms with E-state index >= 15 is 0 Å². The maximum Gasteiger partial charge on any atom is 2.00 e. The summed E-state index contributed by atoms with van der Waals surface area (Å²) in [5, 5.41) is 20.3. The number of nitrogens with zero attached hydrogens (tertiary/aromatic N) is 4. The molecule has 0 unspecified atom stereocenters. The number of methoxy groups -OCH3 is 1. The molecule has 0 atom stereocenters. The molecule has 2 aromatic rings. The van der Waals surface area contributed by atoms with Crippen LogP contribution in [0, 0.1) is 0 Å². The monoisotopic (exact) mass is 435 g/mol. The summed E-state index contributed by atoms with van der Waals surface area (Å²) >= 11 is 3.70. The van der Waals surface area contributed by atoms with Crippen LogP contribution < -0.4 is 9.84 Å². The Kier molecular flexibility index (Phi) is 16.7. The van der Waals surface area contributed by atoms with Crippen molar-refractivity contribution < 1.29 is 31.7 Å². The van der Waals surface area contributed by atoms with E-state index < -0.39 is 0 Å². The van der Waals surface area contributed by atoms with Gasteiger partial charge in [-0.25, -0.2) is 0 Å². The van der Waals surface area contributed by atoms with E-state index in [4.69, 9.17) is 10.1 Å². The summed E-state index contributed by atoms with van der Waals surface area (Å²) < 4.78 is 4.96. The number of pyridine rings is 1. The summed E-state index contributed by atoms with van der Waals surface area (Å²) in [4.78, 5) is 19.2. The molecule has 0 spiro atoms. The molecule has 0 aliphatic carbocycles. The van der Waals surface area contributed by atoms with Crippen LogP contribution in [0.1, 0.15) is 11.3 Å². The van der Waals surface area contributed by atoms with Crippen molar-refractivity contribution in [1.29, 1.82) is 0 Å². The zero-order chi connectivity index (χ0) is 19.8. The number of benzene rings is 1. The Morgan fingerprint density at radius 2 is 1.96 bits per heavy atom. The molecule has 0 aliphatic rings. The minimum Gasteiger partial charge on any atom is -0.870 e. The first-order chi connectivity index (χ1) is 12.5. The first-order valence-electron chi connectivity index (χ1n) is 7.36. The predicted octanol–water partition coefficient (Wildman–Crippen LogP) is 2.14. The van der Waals surface area contributed by atoms with Crippen molar-refractivity contribution >= 4 is 30.0 Å². The van der Waals surface area contributed by atoms with Gasteiger partial charge in [0, 0.05) is 26.5 Å². The Bertz CT molecular complexity index is 722. The minimum atomic E-state index is -0.148. The van der Waals surface area contributed by atoms with Gasteiger partial charge >= 0.3 is 17.1 Å². The third-order valence-electron chi connectivity index (χ3n) is 2.65. The van der Waals surface area contributed by atoms with Gasteiger partial charge in [0.1, 0.15) is 5.75 Å². The molecule has 2 rings (SSSR count). The van der Waals surface area contributed by atoms with Gasteiger partial charge in [-0.3, -0.25) is 14.8 Å². The van der Waals surface area contributed by atoms with Crippen molar-refractivity contribution in [1.82, 2.24) is 9.88 Å². The van der Waals surface area contributed by atoms with Crippen molar-refractivity contribution in [3.63, 3.8) is 0 Å². The van der Waals surface area contributed by atoms with Crippen molar-refractivity contribution in [2.45, 2.75) is 6.54 Å². The smallest absolute Gasteiger partial charge is 0.870 e. The summed E-state index contributed by atoms with van der Waals surface area (Å²) in [6.45, 7) is 0.456. The normalized spacial score (nSPS) is 8.70. The molecule has 0 saturated carbocycles. The average molecular weight is 436 g/mol. The molecule has 0 aliphatic heterocycles. The molecule has 1 radical (unpaired) electrons. The predicted molar refractivity (Wildman–Crippen MR) is 104 cm³/mol. The van der Waals surface area contributed by atoms with E-state index in [9.17, 15) is 9.90 Å². The summed E-state index contributed by atoms with van der Waals surface area (Å²) in [5.74, 6) is 0.182. The Hall–Kier alpha value is -2.57. The van der Waals surface area contributed by atoms with E-state index in [0.29, 0.717) is 17.9 Å². The standard InChI is InChI=1S/C14H14N2O2.C3H7NO.CNS.Cu/c1-18-13-7-4-5-11(14(13)17)9-15-10-12-6-2-3-8-16-12;1-4(2)3-5;2-1-3;/h2-9,17H,10H2,1H3;3H,1-2H3;;/q;;-1;+2/p-1. The van der Waals surface area contributed by atoms with Crippen LogP contribution in [-0.4, -0.2) is 48.9 Å². The van der Waals surface area contributed by atoms with Gasteiger partial charge in [-0.05, 0) is 23.8 Å². The average Bonchev–Trinajstić information content (AvgIpc) is 2.65. The fraction of sp³-hybridized carbons (Fsp3) is 0.222. The summed E-state index contributed by atoms with van der Waals surface area (Å²) in [6.07, 6.45) is 4.02. The third-order valence-corrected chi connectivity index (χ3v) is 2.65. The number of hydrogen-bond acceptors (Lipinski definition) is 6. The van der Waals surface area contributed by atoms with E-state index in [1.165, 1.54) is 17.2 Å². The SMILES string of the molecule is CN(C)C=O.COc1cccc(C=NCc2ccccn2)c1[O-].[Cu+2].[N-]=C=S. The van der Waals surface area contributed by atoms with E-state index in [1.54, 1.807) is 44.7 Å². The molecule has 1 aromatic heterocycles. The number of carbonyl (C=O) groups excluding carboxylic acids is 1. The topological polar surface area (TPSA) is 100 Å². The maximum absolute atomic E-state index is 11.8. The van der Waals surface area contributed by atoms with Crippen LogP contribution in [0.15, 0.2) is 47.6 Å². The Morgan fingerprint density at radius 3 is 2.44 bits per heavy atom. The van der Waals surface area contributed by atoms with Gasteiger partial charge in [-0.15, -0.1) is 0 Å². The number of isothiocyanates is 1. The first kappa shape index (κ1) is 26.7. The molecule has 0 bridgehead atoms. The van der Waals surface area contributed by atoms with Gasteiger partial charge in [0.05, 0.1) is 19.3 Å². The number of aliphatic imine (C=N–C) groups is 1. The Balaban J connectivity index is 0. The molecule has 1 heterocycles. The van der Waals surface area contributed by atoms with E-state index in [2.05, 4.69) is 22.2 Å². The van der Waals surface area contributed by atoms with Gasteiger partial charge in [0.25, 0.3) is 0 Å². The first-order valence-corrected chi connectivity index (χ1v) is 7.77. The summed E-state index contributed by atoms with van der Waals surface area (Å²) in [6, 6.07) is 10.8. The number of aromatic nitrogens is 1. The molecule has 7 nitrogen and oxygen atoms in total. The van der Waals surface area contributed by atoms with Crippen LogP contribution >= 0.6 is 12.2 Å². The van der Waals surface area contributed by atoms with E-state index in [0.717, 1.165) is 12.1 Å². The second-order valence-electron chi connectivity index (χ2n) is 4.83. The Labute approximate surface area is 175 Å². The van der Waals surface area contributed by atoms with Gasteiger partial charge in [0.15, 0.2) is 0 Å². The molecule has 0 saturated heterocycles. The summed E-state index contributed by atoms with van der Waals surface area (Å²) in [7, 11) is 4.85. The van der Waals surface area contributed by atoms with Crippen molar-refractivity contribution in [2.75, 3.05) is 21.2 Å². The molecular formula is C18H20CuN4O3S. The number of hydrogen-bond donors (Lipinski definition) is 0. The fourth-order valence-corrected chi connectivity index (χ4v) is 1.52. The summed E-state index contributed by atoms with van der Waals surface area (Å²) in [5.41, 5.74) is 1.38. The van der Waals surface area contributed by atoms with E-state index in [1.807, 2.05) is 18.2 Å². The molecule has 0 N–H and O–H groups in total. The largest absolute Gasteiger partial charge is 2.00 e. The van der Waals surface area contributed by atoms with Crippen molar-refractivity contribution in [2.24, 2.45) is 4.99 Å². The van der Waals surface area contributed by atoms with Crippen LogP contribution in [0.4, 0.5) is 0 Å². The van der Waals surface area contributed by atoms with Crippen molar-refractivity contribution in [3.8, 4) is 11.5 Å². The molecule has 1 amide bonds. The zero-order valence-electron chi connectivity index (χ0n) is 15.1. The molecule has 147 valence electrons.